The minimum atomic E-state index is -5.08. The average molecular weight is 751 g/mol. The molecule has 1 aliphatic heterocycles. The standard InChI is InChI=1S/C33H35F9N6O4/c1-4-21-16-23(28-24(9-10-26(46-28)33(40,41)42)48(21)30(51)52-11-7-5-6-8-27(49)50)45-29-43-17-25(47(2)3)22(44-29)14-18-12-19(31(34,35)36)15-20(13-18)32(37,38)39/h9-10,12-13,15,17,21,23H,4-8,11,14,16H2,1-3H3,(H,49,50)(H,43,44,45)/t21-,23+/m1/s1. The van der Waals surface area contributed by atoms with Gasteiger partial charge in [0, 0.05) is 33.0 Å². The number of hydrogen-bond acceptors (Lipinski definition) is 8. The highest BCUT2D eigenvalue weighted by molar-refractivity contribution is 5.90. The molecule has 0 bridgehead atoms. The monoisotopic (exact) mass is 750 g/mol. The Morgan fingerprint density at radius 2 is 1.60 bits per heavy atom. The first-order valence-electron chi connectivity index (χ1n) is 16.0. The minimum Gasteiger partial charge on any atom is -0.481 e. The van der Waals surface area contributed by atoms with Crippen molar-refractivity contribution in [2.45, 2.75) is 82.5 Å². The van der Waals surface area contributed by atoms with Crippen molar-refractivity contribution in [2.24, 2.45) is 0 Å². The van der Waals surface area contributed by atoms with Crippen molar-refractivity contribution in [3.63, 3.8) is 0 Å². The summed E-state index contributed by atoms with van der Waals surface area (Å²) in [4.78, 5) is 39.1. The molecule has 10 nitrogen and oxygen atoms in total. The second-order valence-electron chi connectivity index (χ2n) is 12.3. The van der Waals surface area contributed by atoms with E-state index in [1.54, 1.807) is 21.0 Å². The lowest BCUT2D eigenvalue weighted by atomic mass is 9.93. The van der Waals surface area contributed by atoms with Crippen LogP contribution in [0.3, 0.4) is 0 Å². The number of hydrogen-bond donors (Lipinski definition) is 2. The second kappa shape index (κ2) is 15.8. The number of carboxylic acid groups (broad SMARTS) is 1. The number of nitrogens with one attached hydrogen (secondary N) is 1. The topological polar surface area (TPSA) is 121 Å². The van der Waals surface area contributed by atoms with E-state index in [0.29, 0.717) is 43.9 Å². The van der Waals surface area contributed by atoms with Crippen molar-refractivity contribution in [1.82, 2.24) is 15.0 Å². The molecule has 0 unspecified atom stereocenters. The molecular weight excluding hydrogens is 715 g/mol. The number of carboxylic acids is 1. The zero-order valence-electron chi connectivity index (χ0n) is 28.1. The summed E-state index contributed by atoms with van der Waals surface area (Å²) in [7, 11) is 3.11. The third-order valence-corrected chi connectivity index (χ3v) is 8.23. The van der Waals surface area contributed by atoms with Crippen molar-refractivity contribution in [3.8, 4) is 0 Å². The molecule has 2 atom stereocenters. The van der Waals surface area contributed by atoms with E-state index < -0.39 is 65.9 Å². The molecule has 0 fully saturated rings. The van der Waals surface area contributed by atoms with E-state index in [1.165, 1.54) is 16.0 Å². The minimum absolute atomic E-state index is 0.00765. The van der Waals surface area contributed by atoms with Crippen LogP contribution in [-0.2, 0) is 34.5 Å². The number of carbonyl (C=O) groups excluding carboxylic acids is 1. The summed E-state index contributed by atoms with van der Waals surface area (Å²) < 4.78 is 128. The fourth-order valence-electron chi connectivity index (χ4n) is 5.73. The van der Waals surface area contributed by atoms with Crippen molar-refractivity contribution in [3.05, 3.63) is 70.3 Å². The maximum absolute atomic E-state index is 13.8. The van der Waals surface area contributed by atoms with Crippen LogP contribution in [0.1, 0.15) is 85.3 Å². The first-order valence-corrected chi connectivity index (χ1v) is 16.0. The Hall–Kier alpha value is -4.84. The highest BCUT2D eigenvalue weighted by Gasteiger charge is 2.41. The summed E-state index contributed by atoms with van der Waals surface area (Å²) in [5, 5.41) is 11.7. The number of ether oxygens (including phenoxy) is 1. The number of fused-ring (bicyclic) bond motifs is 1. The maximum atomic E-state index is 13.8. The zero-order chi connectivity index (χ0) is 38.6. The SMILES string of the molecule is CC[C@@H]1C[C@H](Nc2ncc(N(C)C)c(Cc3cc(C(F)(F)F)cc(C(F)(F)F)c3)n2)c2nc(C(F)(F)F)ccc2N1C(=O)OCCCCCC(=O)O. The lowest BCUT2D eigenvalue weighted by Crippen LogP contribution is -2.46. The Labute approximate surface area is 292 Å². The van der Waals surface area contributed by atoms with Crippen LogP contribution < -0.4 is 15.1 Å². The maximum Gasteiger partial charge on any atom is 0.433 e. The molecule has 0 spiro atoms. The number of aromatic nitrogens is 3. The first-order chi connectivity index (χ1) is 24.2. The van der Waals surface area contributed by atoms with Crippen LogP contribution in [0.25, 0.3) is 0 Å². The summed E-state index contributed by atoms with van der Waals surface area (Å²) in [5.41, 5.74) is -4.54. The molecular formula is C33H35F9N6O4. The van der Waals surface area contributed by atoms with Gasteiger partial charge in [0.2, 0.25) is 5.95 Å². The van der Waals surface area contributed by atoms with Gasteiger partial charge in [0.15, 0.2) is 0 Å². The Kier molecular flexibility index (Phi) is 12.1. The number of halogens is 9. The fourth-order valence-corrected chi connectivity index (χ4v) is 5.73. The summed E-state index contributed by atoms with van der Waals surface area (Å²) in [6.45, 7) is 1.67. The lowest BCUT2D eigenvalue weighted by Gasteiger charge is -2.39. The number of unbranched alkanes of at least 4 members (excludes halogenated alkanes) is 2. The molecule has 3 heterocycles. The third kappa shape index (κ3) is 9.93. The Balaban J connectivity index is 1.69. The molecule has 2 N–H and O–H groups in total. The van der Waals surface area contributed by atoms with Crippen molar-refractivity contribution in [1.29, 1.82) is 0 Å². The summed E-state index contributed by atoms with van der Waals surface area (Å²) in [6, 6.07) is 1.31. The van der Waals surface area contributed by atoms with Gasteiger partial charge in [-0.05, 0) is 68.0 Å². The van der Waals surface area contributed by atoms with Crippen LogP contribution in [0.2, 0.25) is 0 Å². The van der Waals surface area contributed by atoms with Gasteiger partial charge < -0.3 is 20.1 Å². The average Bonchev–Trinajstić information content (AvgIpc) is 3.04. The van der Waals surface area contributed by atoms with Crippen molar-refractivity contribution in [2.75, 3.05) is 35.8 Å². The lowest BCUT2D eigenvalue weighted by molar-refractivity contribution is -0.143. The quantitative estimate of drug-likeness (QED) is 0.139. The van der Waals surface area contributed by atoms with Crippen molar-refractivity contribution >= 4 is 29.4 Å². The molecule has 0 saturated carbocycles. The molecule has 19 heteroatoms. The van der Waals surface area contributed by atoms with E-state index in [9.17, 15) is 49.1 Å². The van der Waals surface area contributed by atoms with Crippen LogP contribution in [0.15, 0.2) is 36.5 Å². The fraction of sp³-hybridized carbons (Fsp3) is 0.485. The highest BCUT2D eigenvalue weighted by atomic mass is 19.4. The summed E-state index contributed by atoms with van der Waals surface area (Å²) >= 11 is 0. The van der Waals surface area contributed by atoms with E-state index in [4.69, 9.17) is 9.84 Å². The molecule has 1 aromatic carbocycles. The number of alkyl halides is 9. The molecule has 2 aromatic heterocycles. The van der Waals surface area contributed by atoms with E-state index in [1.807, 2.05) is 0 Å². The predicted octanol–water partition coefficient (Wildman–Crippen LogP) is 8.51. The van der Waals surface area contributed by atoms with Gasteiger partial charge in [-0.1, -0.05) is 6.92 Å². The largest absolute Gasteiger partial charge is 0.481 e. The number of carbonyl (C=O) groups is 2. The third-order valence-electron chi connectivity index (χ3n) is 8.23. The highest BCUT2D eigenvalue weighted by Crippen LogP contribution is 2.42. The number of benzene rings is 1. The normalized spacial score (nSPS) is 16.3. The molecule has 284 valence electrons. The van der Waals surface area contributed by atoms with Gasteiger partial charge in [0.25, 0.3) is 0 Å². The van der Waals surface area contributed by atoms with Crippen LogP contribution in [0.5, 0.6) is 0 Å². The number of anilines is 3. The zero-order valence-corrected chi connectivity index (χ0v) is 28.1. The Morgan fingerprint density at radius 3 is 2.15 bits per heavy atom. The second-order valence-corrected chi connectivity index (χ2v) is 12.3. The number of pyridine rings is 1. The van der Waals surface area contributed by atoms with E-state index in [-0.39, 0.29) is 59.8 Å². The van der Waals surface area contributed by atoms with Crippen LogP contribution in [-0.4, -0.2) is 58.9 Å². The van der Waals surface area contributed by atoms with Crippen molar-refractivity contribution < 1.29 is 58.9 Å². The van der Waals surface area contributed by atoms with Crippen LogP contribution >= 0.6 is 0 Å². The Bertz CT molecular complexity index is 1720. The van der Waals surface area contributed by atoms with Crippen LogP contribution in [0.4, 0.5) is 61.6 Å². The van der Waals surface area contributed by atoms with E-state index in [0.717, 1.165) is 6.07 Å². The molecule has 0 saturated heterocycles. The van der Waals surface area contributed by atoms with Gasteiger partial charge >= 0.3 is 30.6 Å². The number of nitrogens with zero attached hydrogens (tertiary/aromatic N) is 5. The molecule has 1 aliphatic rings. The van der Waals surface area contributed by atoms with Gasteiger partial charge in [-0.25, -0.2) is 19.7 Å². The molecule has 4 rings (SSSR count). The van der Waals surface area contributed by atoms with Gasteiger partial charge in [0.1, 0.15) is 5.69 Å². The molecule has 0 aliphatic carbocycles. The first kappa shape index (κ1) is 39.9. The van der Waals surface area contributed by atoms with Gasteiger partial charge in [-0.2, -0.15) is 39.5 Å². The Morgan fingerprint density at radius 1 is 0.942 bits per heavy atom. The van der Waals surface area contributed by atoms with E-state index >= 15 is 0 Å². The molecule has 0 radical (unpaired) electrons. The smallest absolute Gasteiger partial charge is 0.433 e. The van der Waals surface area contributed by atoms with E-state index in [2.05, 4.69) is 20.3 Å². The number of aliphatic carboxylic acids is 1. The summed E-state index contributed by atoms with van der Waals surface area (Å²) in [5.74, 6) is -1.17. The molecule has 52 heavy (non-hydrogen) atoms. The number of amides is 1. The van der Waals surface area contributed by atoms with Gasteiger partial charge in [0.05, 0.1) is 52.7 Å². The van der Waals surface area contributed by atoms with Crippen LogP contribution in [0, 0.1) is 0 Å². The predicted molar refractivity (Wildman–Crippen MR) is 170 cm³/mol. The molecule has 1 amide bonds. The number of rotatable bonds is 12. The van der Waals surface area contributed by atoms with Gasteiger partial charge in [-0.15, -0.1) is 0 Å². The molecule has 3 aromatic rings. The summed E-state index contributed by atoms with van der Waals surface area (Å²) in [6.07, 6.45) is -13.7. The van der Waals surface area contributed by atoms with Gasteiger partial charge in [-0.3, -0.25) is 9.69 Å².